The van der Waals surface area contributed by atoms with Crippen LogP contribution in [0.3, 0.4) is 0 Å². The normalized spacial score (nSPS) is 13.2. The molecule has 1 aliphatic rings. The van der Waals surface area contributed by atoms with Crippen molar-refractivity contribution in [3.8, 4) is 5.75 Å². The molecule has 1 heterocycles. The number of carbonyl (C=O) groups is 2. The van der Waals surface area contributed by atoms with E-state index in [1.807, 2.05) is 53.4 Å². The highest BCUT2D eigenvalue weighted by Gasteiger charge is 2.19. The van der Waals surface area contributed by atoms with Gasteiger partial charge in [0.2, 0.25) is 5.91 Å². The molecule has 0 radical (unpaired) electrons. The highest BCUT2D eigenvalue weighted by atomic mass is 16.5. The van der Waals surface area contributed by atoms with Crippen LogP contribution in [0.15, 0.2) is 61.2 Å². The monoisotopic (exact) mass is 393 g/mol. The number of nitrogens with one attached hydrogen (secondary N) is 2. The smallest absolute Gasteiger partial charge is 0.315 e. The molecule has 152 valence electrons. The van der Waals surface area contributed by atoms with E-state index >= 15 is 0 Å². The Morgan fingerprint density at radius 3 is 2.69 bits per heavy atom. The zero-order valence-corrected chi connectivity index (χ0v) is 16.5. The van der Waals surface area contributed by atoms with Crippen molar-refractivity contribution < 1.29 is 14.3 Å². The number of nitrogens with zero attached hydrogens (tertiary/aromatic N) is 1. The molecule has 1 aliphatic heterocycles. The summed E-state index contributed by atoms with van der Waals surface area (Å²) in [6, 6.07) is 15.3. The molecule has 2 N–H and O–H groups in total. The minimum atomic E-state index is -0.247. The van der Waals surface area contributed by atoms with E-state index in [-0.39, 0.29) is 11.9 Å². The van der Waals surface area contributed by atoms with Crippen LogP contribution < -0.4 is 15.4 Å². The summed E-state index contributed by atoms with van der Waals surface area (Å²) in [6.45, 7) is 6.30. The van der Waals surface area contributed by atoms with Crippen molar-refractivity contribution in [1.82, 2.24) is 15.5 Å². The molecule has 0 spiro atoms. The third-order valence-electron chi connectivity index (χ3n) is 4.76. The lowest BCUT2D eigenvalue weighted by molar-refractivity contribution is -0.128. The molecule has 0 atom stereocenters. The lowest BCUT2D eigenvalue weighted by atomic mass is 10.1. The van der Waals surface area contributed by atoms with Gasteiger partial charge in [-0.15, -0.1) is 0 Å². The number of urea groups is 1. The van der Waals surface area contributed by atoms with Crippen LogP contribution in [0.4, 0.5) is 4.79 Å². The molecule has 0 saturated carbocycles. The number of carbonyl (C=O) groups excluding carboxylic acids is 2. The molecule has 0 unspecified atom stereocenters. The number of rotatable bonds is 9. The van der Waals surface area contributed by atoms with Gasteiger partial charge in [-0.3, -0.25) is 4.79 Å². The second-order valence-corrected chi connectivity index (χ2v) is 6.98. The van der Waals surface area contributed by atoms with Gasteiger partial charge in [-0.2, -0.15) is 0 Å². The second kappa shape index (κ2) is 10.3. The molecule has 0 bridgehead atoms. The quantitative estimate of drug-likeness (QED) is 0.642. The van der Waals surface area contributed by atoms with E-state index in [4.69, 9.17) is 4.74 Å². The number of likely N-dealkylation sites (tertiary alicyclic amines) is 1. The minimum absolute atomic E-state index is 0.213. The van der Waals surface area contributed by atoms with E-state index in [0.717, 1.165) is 35.4 Å². The van der Waals surface area contributed by atoms with E-state index in [2.05, 4.69) is 17.2 Å². The Bertz CT molecular complexity index is 866. The summed E-state index contributed by atoms with van der Waals surface area (Å²) >= 11 is 0. The molecule has 3 amide bonds. The first-order valence-corrected chi connectivity index (χ1v) is 9.84. The van der Waals surface area contributed by atoms with Crippen LogP contribution in [0.2, 0.25) is 0 Å². The number of hydrogen-bond donors (Lipinski definition) is 2. The molecule has 29 heavy (non-hydrogen) atoms. The Hall–Kier alpha value is -3.28. The molecule has 6 heteroatoms. The molecular formula is C23H27N3O3. The zero-order valence-electron chi connectivity index (χ0n) is 16.5. The van der Waals surface area contributed by atoms with Crippen LogP contribution in [-0.4, -0.2) is 30.0 Å². The van der Waals surface area contributed by atoms with Gasteiger partial charge in [0.1, 0.15) is 12.4 Å². The molecule has 1 fully saturated rings. The zero-order chi connectivity index (χ0) is 20.5. The van der Waals surface area contributed by atoms with Crippen molar-refractivity contribution >= 4 is 11.9 Å². The van der Waals surface area contributed by atoms with Gasteiger partial charge in [-0.05, 0) is 23.6 Å². The summed E-state index contributed by atoms with van der Waals surface area (Å²) in [7, 11) is 0. The first kappa shape index (κ1) is 20.5. The van der Waals surface area contributed by atoms with Crippen LogP contribution in [0.5, 0.6) is 5.75 Å². The number of hydrogen-bond acceptors (Lipinski definition) is 3. The van der Waals surface area contributed by atoms with Crippen LogP contribution in [0, 0.1) is 0 Å². The summed E-state index contributed by atoms with van der Waals surface area (Å²) in [6.07, 6.45) is 3.26. The van der Waals surface area contributed by atoms with Gasteiger partial charge in [-0.1, -0.05) is 55.1 Å². The standard InChI is InChI=1S/C23H27N3O3/c1-2-13-29-21-10-4-3-9-20(21)16-25-23(28)24-15-18-7-5-8-19(14-18)17-26-12-6-11-22(26)27/h2-5,7-10,14H,1,6,11-13,15-17H2,(H2,24,25,28). The third kappa shape index (κ3) is 6.10. The summed E-state index contributed by atoms with van der Waals surface area (Å²) < 4.78 is 5.61. The molecule has 0 aromatic heterocycles. The first-order chi connectivity index (χ1) is 14.2. The Morgan fingerprint density at radius 2 is 1.90 bits per heavy atom. The highest BCUT2D eigenvalue weighted by Crippen LogP contribution is 2.18. The van der Waals surface area contributed by atoms with Crippen molar-refractivity contribution in [1.29, 1.82) is 0 Å². The van der Waals surface area contributed by atoms with Gasteiger partial charge in [-0.25, -0.2) is 4.79 Å². The Balaban J connectivity index is 1.48. The van der Waals surface area contributed by atoms with E-state index < -0.39 is 0 Å². The van der Waals surface area contributed by atoms with E-state index in [9.17, 15) is 9.59 Å². The number of para-hydroxylation sites is 1. The summed E-state index contributed by atoms with van der Waals surface area (Å²) in [4.78, 5) is 25.9. The fourth-order valence-electron chi connectivity index (χ4n) is 3.29. The van der Waals surface area contributed by atoms with Crippen LogP contribution in [-0.2, 0) is 24.4 Å². The van der Waals surface area contributed by atoms with E-state index in [1.54, 1.807) is 6.08 Å². The highest BCUT2D eigenvalue weighted by molar-refractivity contribution is 5.78. The fraction of sp³-hybridized carbons (Fsp3) is 0.304. The number of amides is 3. The Kier molecular flexibility index (Phi) is 7.28. The van der Waals surface area contributed by atoms with Gasteiger partial charge >= 0.3 is 6.03 Å². The Morgan fingerprint density at radius 1 is 1.10 bits per heavy atom. The predicted octanol–water partition coefficient (Wildman–Crippen LogP) is 3.37. The van der Waals surface area contributed by atoms with Crippen LogP contribution >= 0.6 is 0 Å². The van der Waals surface area contributed by atoms with E-state index in [1.165, 1.54) is 0 Å². The van der Waals surface area contributed by atoms with Crippen molar-refractivity contribution in [2.24, 2.45) is 0 Å². The van der Waals surface area contributed by atoms with Gasteiger partial charge < -0.3 is 20.3 Å². The van der Waals surface area contributed by atoms with Crippen LogP contribution in [0.1, 0.15) is 29.5 Å². The Labute approximate surface area is 171 Å². The maximum atomic E-state index is 12.2. The molecule has 2 aromatic carbocycles. The molecular weight excluding hydrogens is 366 g/mol. The van der Waals surface area contributed by atoms with Gasteiger partial charge in [0, 0.05) is 38.2 Å². The summed E-state index contributed by atoms with van der Waals surface area (Å²) in [5.74, 6) is 0.946. The summed E-state index contributed by atoms with van der Waals surface area (Å²) in [5.41, 5.74) is 2.98. The van der Waals surface area contributed by atoms with Gasteiger partial charge in [0.05, 0.1) is 0 Å². The maximum Gasteiger partial charge on any atom is 0.315 e. The maximum absolute atomic E-state index is 12.2. The molecule has 2 aromatic rings. The van der Waals surface area contributed by atoms with Crippen molar-refractivity contribution in [2.75, 3.05) is 13.2 Å². The second-order valence-electron chi connectivity index (χ2n) is 6.98. The molecule has 0 aliphatic carbocycles. The fourth-order valence-corrected chi connectivity index (χ4v) is 3.29. The van der Waals surface area contributed by atoms with Crippen molar-refractivity contribution in [2.45, 2.75) is 32.5 Å². The molecule has 6 nitrogen and oxygen atoms in total. The minimum Gasteiger partial charge on any atom is -0.489 e. The summed E-state index contributed by atoms with van der Waals surface area (Å²) in [5, 5.41) is 5.73. The van der Waals surface area contributed by atoms with Crippen molar-refractivity contribution in [3.63, 3.8) is 0 Å². The van der Waals surface area contributed by atoms with E-state index in [0.29, 0.717) is 32.7 Å². The molecule has 3 rings (SSSR count). The van der Waals surface area contributed by atoms with Gasteiger partial charge in [0.15, 0.2) is 0 Å². The SMILES string of the molecule is C=CCOc1ccccc1CNC(=O)NCc1cccc(CN2CCCC2=O)c1. The first-order valence-electron chi connectivity index (χ1n) is 9.84. The third-order valence-corrected chi connectivity index (χ3v) is 4.76. The number of benzene rings is 2. The van der Waals surface area contributed by atoms with Crippen molar-refractivity contribution in [3.05, 3.63) is 77.9 Å². The lowest BCUT2D eigenvalue weighted by Gasteiger charge is -2.16. The van der Waals surface area contributed by atoms with Gasteiger partial charge in [0.25, 0.3) is 0 Å². The molecule has 1 saturated heterocycles. The lowest BCUT2D eigenvalue weighted by Crippen LogP contribution is -2.34. The average molecular weight is 393 g/mol. The predicted molar refractivity (Wildman–Crippen MR) is 112 cm³/mol. The van der Waals surface area contributed by atoms with Crippen LogP contribution in [0.25, 0.3) is 0 Å². The largest absolute Gasteiger partial charge is 0.489 e. The number of ether oxygens (including phenoxy) is 1. The topological polar surface area (TPSA) is 70.7 Å². The average Bonchev–Trinajstić information content (AvgIpc) is 3.14.